The van der Waals surface area contributed by atoms with Crippen molar-refractivity contribution in [1.29, 1.82) is 5.26 Å². The second-order valence-electron chi connectivity index (χ2n) is 6.32. The van der Waals surface area contributed by atoms with Crippen LogP contribution in [0, 0.1) is 11.3 Å². The van der Waals surface area contributed by atoms with Gasteiger partial charge in [-0.2, -0.15) is 5.26 Å². The topological polar surface area (TPSA) is 76.4 Å². The summed E-state index contributed by atoms with van der Waals surface area (Å²) in [5, 5.41) is 12.2. The Hall–Kier alpha value is -3.33. The quantitative estimate of drug-likeness (QED) is 0.912. The predicted octanol–water partition coefficient (Wildman–Crippen LogP) is 2.71. The summed E-state index contributed by atoms with van der Waals surface area (Å²) in [5.74, 6) is -0.0751. The van der Waals surface area contributed by atoms with Crippen molar-refractivity contribution in [2.45, 2.75) is 6.92 Å². The number of nitriles is 1. The van der Waals surface area contributed by atoms with Crippen LogP contribution in [-0.2, 0) is 0 Å². The first-order valence-electron chi connectivity index (χ1n) is 9.06. The Morgan fingerprint density at radius 3 is 2.22 bits per heavy atom. The van der Waals surface area contributed by atoms with E-state index in [2.05, 4.69) is 11.4 Å². The van der Waals surface area contributed by atoms with Crippen LogP contribution in [0.15, 0.2) is 48.5 Å². The molecule has 0 atom stereocenters. The summed E-state index contributed by atoms with van der Waals surface area (Å²) in [4.78, 5) is 28.5. The van der Waals surface area contributed by atoms with E-state index in [9.17, 15) is 14.9 Å². The molecule has 2 aromatic carbocycles. The van der Waals surface area contributed by atoms with Gasteiger partial charge in [0.1, 0.15) is 0 Å². The Balaban J connectivity index is 1.81. The van der Waals surface area contributed by atoms with Crippen molar-refractivity contribution in [3.63, 3.8) is 0 Å². The number of urea groups is 1. The fourth-order valence-corrected chi connectivity index (χ4v) is 3.27. The molecule has 6 nitrogen and oxygen atoms in total. The number of carbonyl (C=O) groups is 2. The van der Waals surface area contributed by atoms with Crippen molar-refractivity contribution in [3.8, 4) is 17.2 Å². The fourth-order valence-electron chi connectivity index (χ4n) is 3.27. The molecule has 0 bridgehead atoms. The van der Waals surface area contributed by atoms with Crippen LogP contribution in [0.2, 0.25) is 0 Å². The molecule has 0 spiro atoms. The van der Waals surface area contributed by atoms with E-state index in [-0.39, 0.29) is 11.9 Å². The molecule has 1 aliphatic heterocycles. The second kappa shape index (κ2) is 8.37. The second-order valence-corrected chi connectivity index (χ2v) is 6.32. The predicted molar refractivity (Wildman–Crippen MR) is 103 cm³/mol. The van der Waals surface area contributed by atoms with Gasteiger partial charge in [-0.05, 0) is 24.6 Å². The average Bonchev–Trinajstić information content (AvgIpc) is 2.73. The van der Waals surface area contributed by atoms with Gasteiger partial charge in [0.25, 0.3) is 5.91 Å². The van der Waals surface area contributed by atoms with E-state index in [0.717, 1.165) is 11.1 Å². The van der Waals surface area contributed by atoms with Crippen molar-refractivity contribution in [2.24, 2.45) is 0 Å². The Labute approximate surface area is 159 Å². The Morgan fingerprint density at radius 1 is 0.963 bits per heavy atom. The van der Waals surface area contributed by atoms with Crippen LogP contribution in [0.5, 0.6) is 0 Å². The van der Waals surface area contributed by atoms with Crippen molar-refractivity contribution in [1.82, 2.24) is 15.1 Å². The summed E-state index contributed by atoms with van der Waals surface area (Å²) < 4.78 is 0. The number of nitrogens with zero attached hydrogens (tertiary/aromatic N) is 3. The normalized spacial score (nSPS) is 13.8. The summed E-state index contributed by atoms with van der Waals surface area (Å²) in [6.45, 7) is 4.47. The molecule has 3 rings (SSSR count). The number of piperazine rings is 1. The highest BCUT2D eigenvalue weighted by Crippen LogP contribution is 2.28. The van der Waals surface area contributed by atoms with Gasteiger partial charge in [0.2, 0.25) is 0 Å². The first-order valence-corrected chi connectivity index (χ1v) is 9.06. The van der Waals surface area contributed by atoms with Gasteiger partial charge >= 0.3 is 6.03 Å². The van der Waals surface area contributed by atoms with Crippen LogP contribution in [0.4, 0.5) is 4.79 Å². The van der Waals surface area contributed by atoms with Crippen molar-refractivity contribution in [3.05, 3.63) is 59.7 Å². The van der Waals surface area contributed by atoms with E-state index < -0.39 is 0 Å². The number of hydrogen-bond donors (Lipinski definition) is 1. The molecule has 2 aromatic rings. The molecule has 0 aromatic heterocycles. The summed E-state index contributed by atoms with van der Waals surface area (Å²) in [5.41, 5.74) is 2.63. The van der Waals surface area contributed by atoms with Gasteiger partial charge in [0.05, 0.1) is 11.6 Å². The van der Waals surface area contributed by atoms with Crippen molar-refractivity contribution in [2.75, 3.05) is 32.7 Å². The number of benzene rings is 2. The number of carbonyl (C=O) groups excluding carboxylic acids is 2. The van der Waals surface area contributed by atoms with E-state index >= 15 is 0 Å². The minimum Gasteiger partial charge on any atom is -0.338 e. The van der Waals surface area contributed by atoms with Gasteiger partial charge in [0, 0.05) is 43.9 Å². The fraction of sp³-hybridized carbons (Fsp3) is 0.286. The maximum atomic E-state index is 13.1. The molecule has 0 radical (unpaired) electrons. The van der Waals surface area contributed by atoms with Gasteiger partial charge in [-0.1, -0.05) is 36.4 Å². The third kappa shape index (κ3) is 3.93. The first kappa shape index (κ1) is 18.5. The van der Waals surface area contributed by atoms with E-state index in [1.165, 1.54) is 0 Å². The molecule has 138 valence electrons. The Morgan fingerprint density at radius 2 is 1.56 bits per heavy atom. The van der Waals surface area contributed by atoms with Crippen LogP contribution in [0.25, 0.3) is 11.1 Å². The van der Waals surface area contributed by atoms with Crippen LogP contribution in [0.3, 0.4) is 0 Å². The monoisotopic (exact) mass is 362 g/mol. The van der Waals surface area contributed by atoms with Crippen molar-refractivity contribution >= 4 is 11.9 Å². The number of amides is 3. The molecule has 1 N–H and O–H groups in total. The molecular weight excluding hydrogens is 340 g/mol. The zero-order chi connectivity index (χ0) is 19.2. The summed E-state index contributed by atoms with van der Waals surface area (Å²) in [6.07, 6.45) is 0. The molecule has 0 unspecified atom stereocenters. The maximum Gasteiger partial charge on any atom is 0.317 e. The summed E-state index contributed by atoms with van der Waals surface area (Å²) in [6, 6.07) is 16.8. The third-order valence-corrected chi connectivity index (χ3v) is 4.68. The molecule has 1 saturated heterocycles. The molecule has 27 heavy (non-hydrogen) atoms. The molecular formula is C21H22N4O2. The minimum absolute atomic E-state index is 0.0751. The Kier molecular flexibility index (Phi) is 5.72. The number of nitrogens with one attached hydrogen (secondary N) is 1. The minimum atomic E-state index is -0.0899. The molecule has 1 aliphatic rings. The van der Waals surface area contributed by atoms with Gasteiger partial charge in [-0.15, -0.1) is 0 Å². The third-order valence-electron chi connectivity index (χ3n) is 4.68. The van der Waals surface area contributed by atoms with E-state index in [0.29, 0.717) is 43.9 Å². The summed E-state index contributed by atoms with van der Waals surface area (Å²) >= 11 is 0. The molecule has 0 aliphatic carbocycles. The molecule has 1 heterocycles. The SMILES string of the molecule is CCNC(=O)N1CCN(C(=O)c2ccccc2-c2ccccc2C#N)CC1. The molecule has 0 saturated carbocycles. The zero-order valence-corrected chi connectivity index (χ0v) is 15.3. The molecule has 6 heteroatoms. The lowest BCUT2D eigenvalue weighted by molar-refractivity contribution is 0.0666. The highest BCUT2D eigenvalue weighted by Gasteiger charge is 2.26. The lowest BCUT2D eigenvalue weighted by Gasteiger charge is -2.35. The van der Waals surface area contributed by atoms with Crippen LogP contribution in [-0.4, -0.2) is 54.5 Å². The lowest BCUT2D eigenvalue weighted by atomic mass is 9.95. The first-order chi connectivity index (χ1) is 13.2. The van der Waals surface area contributed by atoms with Crippen LogP contribution in [0.1, 0.15) is 22.8 Å². The largest absolute Gasteiger partial charge is 0.338 e. The van der Waals surface area contributed by atoms with Crippen molar-refractivity contribution < 1.29 is 9.59 Å². The maximum absolute atomic E-state index is 13.1. The van der Waals surface area contributed by atoms with Crippen LogP contribution >= 0.6 is 0 Å². The average molecular weight is 362 g/mol. The molecule has 3 amide bonds. The van der Waals surface area contributed by atoms with Gasteiger partial charge < -0.3 is 15.1 Å². The summed E-state index contributed by atoms with van der Waals surface area (Å²) in [7, 11) is 0. The highest BCUT2D eigenvalue weighted by atomic mass is 16.2. The van der Waals surface area contributed by atoms with Gasteiger partial charge in [-0.25, -0.2) is 4.79 Å². The number of hydrogen-bond acceptors (Lipinski definition) is 3. The lowest BCUT2D eigenvalue weighted by Crippen LogP contribution is -2.53. The number of rotatable bonds is 3. The van der Waals surface area contributed by atoms with E-state index in [1.807, 2.05) is 43.3 Å². The molecule has 1 fully saturated rings. The Bertz CT molecular complexity index is 880. The van der Waals surface area contributed by atoms with Gasteiger partial charge in [-0.3, -0.25) is 4.79 Å². The van der Waals surface area contributed by atoms with Gasteiger partial charge in [0.15, 0.2) is 0 Å². The standard InChI is InChI=1S/C21H22N4O2/c1-2-23-21(27)25-13-11-24(12-14-25)20(26)19-10-6-5-9-18(19)17-8-4-3-7-16(17)15-22/h3-10H,2,11-14H2,1H3,(H,23,27). The van der Waals surface area contributed by atoms with Crippen LogP contribution < -0.4 is 5.32 Å². The van der Waals surface area contributed by atoms with E-state index in [4.69, 9.17) is 0 Å². The smallest absolute Gasteiger partial charge is 0.317 e. The van der Waals surface area contributed by atoms with E-state index in [1.54, 1.807) is 21.9 Å². The zero-order valence-electron chi connectivity index (χ0n) is 15.3. The highest BCUT2D eigenvalue weighted by molar-refractivity contribution is 6.01.